The lowest BCUT2D eigenvalue weighted by atomic mass is 10.1. The average Bonchev–Trinajstić information content (AvgIpc) is 2.90. The van der Waals surface area contributed by atoms with Crippen LogP contribution in [0.4, 0.5) is 4.79 Å². The SMILES string of the molecule is O=CC(CC(=O)O)NC(=O)C1CCCN2C(=O)CCN(NC(=O)c3cccnc3)C(=O)N12. The number of aldehydes is 1. The largest absolute Gasteiger partial charge is 0.481 e. The van der Waals surface area contributed by atoms with Gasteiger partial charge in [-0.25, -0.2) is 19.8 Å². The number of aliphatic carboxylic acids is 1. The van der Waals surface area contributed by atoms with Crippen molar-refractivity contribution in [3.8, 4) is 0 Å². The Morgan fingerprint density at radius 1 is 1.28 bits per heavy atom. The zero-order valence-electron chi connectivity index (χ0n) is 17.0. The second-order valence-electron chi connectivity index (χ2n) is 7.24. The fourth-order valence-electron chi connectivity index (χ4n) is 3.50. The van der Waals surface area contributed by atoms with E-state index in [1.165, 1.54) is 18.5 Å². The number of hydrogen-bond acceptors (Lipinski definition) is 7. The van der Waals surface area contributed by atoms with Gasteiger partial charge in [-0.1, -0.05) is 0 Å². The molecule has 0 aliphatic carbocycles. The second-order valence-corrected chi connectivity index (χ2v) is 7.24. The highest BCUT2D eigenvalue weighted by molar-refractivity contribution is 5.96. The molecule has 3 heterocycles. The molecule has 2 fully saturated rings. The lowest BCUT2D eigenvalue weighted by Gasteiger charge is -2.42. The van der Waals surface area contributed by atoms with Crippen molar-refractivity contribution in [2.24, 2.45) is 0 Å². The zero-order valence-corrected chi connectivity index (χ0v) is 17.0. The molecule has 0 saturated carbocycles. The Kier molecular flexibility index (Phi) is 6.97. The monoisotopic (exact) mass is 446 g/mol. The molecule has 32 heavy (non-hydrogen) atoms. The second kappa shape index (κ2) is 9.85. The molecule has 170 valence electrons. The van der Waals surface area contributed by atoms with Crippen LogP contribution in [0.5, 0.6) is 0 Å². The first-order chi connectivity index (χ1) is 15.3. The third-order valence-corrected chi connectivity index (χ3v) is 5.02. The predicted octanol–water partition coefficient (Wildman–Crippen LogP) is -1.08. The number of urea groups is 1. The molecule has 0 aromatic carbocycles. The standard InChI is InChI=1S/C19H22N6O7/c26-11-13(9-16(28)29)21-18(31)14-4-2-7-24-15(27)5-8-23(19(32)25(14)24)22-17(30)12-3-1-6-20-10-12/h1,3,6,10-11,13-14H,2,4-5,7-9H2,(H,21,31)(H,22,30)(H,28,29). The van der Waals surface area contributed by atoms with E-state index in [1.54, 1.807) is 6.07 Å². The number of hydrogen-bond donors (Lipinski definition) is 3. The van der Waals surface area contributed by atoms with Gasteiger partial charge in [0.2, 0.25) is 11.8 Å². The molecule has 2 aliphatic heterocycles. The van der Waals surface area contributed by atoms with Crippen LogP contribution in [0.15, 0.2) is 24.5 Å². The molecule has 1 aromatic heterocycles. The van der Waals surface area contributed by atoms with Gasteiger partial charge in [-0.15, -0.1) is 0 Å². The van der Waals surface area contributed by atoms with Crippen LogP contribution < -0.4 is 10.7 Å². The van der Waals surface area contributed by atoms with Crippen LogP contribution >= 0.6 is 0 Å². The van der Waals surface area contributed by atoms with Gasteiger partial charge in [0.25, 0.3) is 5.91 Å². The number of nitrogens with one attached hydrogen (secondary N) is 2. The van der Waals surface area contributed by atoms with Crippen LogP contribution in [-0.4, -0.2) is 86.3 Å². The molecule has 0 bridgehead atoms. The Bertz CT molecular complexity index is 924. The number of nitrogens with zero attached hydrogens (tertiary/aromatic N) is 4. The molecule has 5 amide bonds. The predicted molar refractivity (Wildman–Crippen MR) is 105 cm³/mol. The molecule has 2 atom stereocenters. The molecule has 0 radical (unpaired) electrons. The third-order valence-electron chi connectivity index (χ3n) is 5.02. The summed E-state index contributed by atoms with van der Waals surface area (Å²) < 4.78 is 0. The van der Waals surface area contributed by atoms with Gasteiger partial charge in [-0.3, -0.25) is 29.6 Å². The molecule has 1 aromatic rings. The van der Waals surface area contributed by atoms with Gasteiger partial charge in [0.15, 0.2) is 0 Å². The van der Waals surface area contributed by atoms with E-state index in [9.17, 15) is 28.8 Å². The maximum atomic E-state index is 13.2. The van der Waals surface area contributed by atoms with Crippen LogP contribution in [0.2, 0.25) is 0 Å². The van der Waals surface area contributed by atoms with E-state index in [4.69, 9.17) is 5.11 Å². The maximum Gasteiger partial charge on any atom is 0.358 e. The van der Waals surface area contributed by atoms with Crippen molar-refractivity contribution in [3.05, 3.63) is 30.1 Å². The lowest BCUT2D eigenvalue weighted by Crippen LogP contribution is -2.64. The summed E-state index contributed by atoms with van der Waals surface area (Å²) in [5, 5.41) is 14.2. The Balaban J connectivity index is 1.81. The van der Waals surface area contributed by atoms with Crippen molar-refractivity contribution in [3.63, 3.8) is 0 Å². The van der Waals surface area contributed by atoms with Gasteiger partial charge in [0, 0.05) is 25.4 Å². The third kappa shape index (κ3) is 4.99. The van der Waals surface area contributed by atoms with Crippen LogP contribution in [0, 0.1) is 0 Å². The summed E-state index contributed by atoms with van der Waals surface area (Å²) >= 11 is 0. The lowest BCUT2D eigenvalue weighted by molar-refractivity contribution is -0.155. The summed E-state index contributed by atoms with van der Waals surface area (Å²) in [5.41, 5.74) is 2.63. The van der Waals surface area contributed by atoms with Crippen LogP contribution in [-0.2, 0) is 19.2 Å². The Labute approximate surface area is 182 Å². The number of carbonyl (C=O) groups is 6. The van der Waals surface area contributed by atoms with Crippen LogP contribution in [0.25, 0.3) is 0 Å². The number of carboxylic acids is 1. The number of carboxylic acid groups (broad SMARTS) is 1. The molecular formula is C19H22N6O7. The summed E-state index contributed by atoms with van der Waals surface area (Å²) in [7, 11) is 0. The molecule has 2 aliphatic rings. The number of hydrazine groups is 2. The van der Waals surface area contributed by atoms with Gasteiger partial charge in [-0.2, -0.15) is 0 Å². The number of aromatic nitrogens is 1. The van der Waals surface area contributed by atoms with E-state index < -0.39 is 48.2 Å². The van der Waals surface area contributed by atoms with Gasteiger partial charge in [0.05, 0.1) is 24.6 Å². The Hall–Kier alpha value is -4.03. The van der Waals surface area contributed by atoms with E-state index >= 15 is 0 Å². The molecule has 3 rings (SSSR count). The smallest absolute Gasteiger partial charge is 0.358 e. The molecule has 2 saturated heterocycles. The number of pyridine rings is 1. The van der Waals surface area contributed by atoms with E-state index in [2.05, 4.69) is 15.7 Å². The Morgan fingerprint density at radius 2 is 2.06 bits per heavy atom. The number of rotatable bonds is 7. The van der Waals surface area contributed by atoms with Crippen molar-refractivity contribution in [1.29, 1.82) is 0 Å². The van der Waals surface area contributed by atoms with Gasteiger partial charge in [0.1, 0.15) is 12.3 Å². The van der Waals surface area contributed by atoms with E-state index in [1.807, 2.05) is 0 Å². The first-order valence-electron chi connectivity index (χ1n) is 9.91. The fraction of sp³-hybridized carbons (Fsp3) is 0.421. The van der Waals surface area contributed by atoms with Gasteiger partial charge < -0.3 is 15.2 Å². The minimum Gasteiger partial charge on any atom is -0.481 e. The van der Waals surface area contributed by atoms with Gasteiger partial charge >= 0.3 is 12.0 Å². The Morgan fingerprint density at radius 3 is 2.72 bits per heavy atom. The highest BCUT2D eigenvalue weighted by Gasteiger charge is 2.44. The zero-order chi connectivity index (χ0) is 23.3. The minimum atomic E-state index is -1.28. The van der Waals surface area contributed by atoms with Crippen LogP contribution in [0.1, 0.15) is 36.0 Å². The quantitative estimate of drug-likeness (QED) is 0.444. The van der Waals surface area contributed by atoms with Crippen molar-refractivity contribution < 1.29 is 33.9 Å². The first kappa shape index (κ1) is 22.7. The average molecular weight is 446 g/mol. The molecular weight excluding hydrogens is 424 g/mol. The topological polar surface area (TPSA) is 169 Å². The molecule has 2 unspecified atom stereocenters. The van der Waals surface area contributed by atoms with Crippen molar-refractivity contribution >= 4 is 36.0 Å². The summed E-state index contributed by atoms with van der Waals surface area (Å²) in [6, 6.07) is -0.187. The normalized spacial score (nSPS) is 19.5. The molecule has 13 nitrogen and oxygen atoms in total. The summed E-state index contributed by atoms with van der Waals surface area (Å²) in [6.07, 6.45) is 2.99. The van der Waals surface area contributed by atoms with Crippen molar-refractivity contribution in [1.82, 2.24) is 30.8 Å². The number of carbonyl (C=O) groups excluding carboxylic acids is 5. The van der Waals surface area contributed by atoms with Crippen molar-refractivity contribution in [2.75, 3.05) is 13.1 Å². The first-order valence-corrected chi connectivity index (χ1v) is 9.91. The van der Waals surface area contributed by atoms with E-state index in [-0.39, 0.29) is 31.5 Å². The number of amides is 5. The highest BCUT2D eigenvalue weighted by atomic mass is 16.4. The maximum absolute atomic E-state index is 13.2. The van der Waals surface area contributed by atoms with Gasteiger partial charge in [-0.05, 0) is 25.0 Å². The van der Waals surface area contributed by atoms with Crippen molar-refractivity contribution in [2.45, 2.75) is 37.8 Å². The molecule has 13 heteroatoms. The van der Waals surface area contributed by atoms with E-state index in [0.717, 1.165) is 15.0 Å². The summed E-state index contributed by atoms with van der Waals surface area (Å²) in [6.45, 7) is 0.0893. The number of fused-ring (bicyclic) bond motifs is 1. The minimum absolute atomic E-state index is 0.0835. The molecule has 3 N–H and O–H groups in total. The fourth-order valence-corrected chi connectivity index (χ4v) is 3.50. The van der Waals surface area contributed by atoms with E-state index in [0.29, 0.717) is 12.7 Å². The highest BCUT2D eigenvalue weighted by Crippen LogP contribution is 2.23. The summed E-state index contributed by atoms with van der Waals surface area (Å²) in [4.78, 5) is 77.0. The van der Waals surface area contributed by atoms with Crippen LogP contribution in [0.3, 0.4) is 0 Å². The molecule has 0 spiro atoms. The summed E-state index contributed by atoms with van der Waals surface area (Å²) in [5.74, 6) is -3.08.